The van der Waals surface area contributed by atoms with Gasteiger partial charge in [-0.1, -0.05) is 12.1 Å². The summed E-state index contributed by atoms with van der Waals surface area (Å²) in [6, 6.07) is 5.39. The van der Waals surface area contributed by atoms with Crippen LogP contribution in [0.5, 0.6) is 0 Å². The van der Waals surface area contributed by atoms with E-state index in [1.54, 1.807) is 6.07 Å². The zero-order valence-corrected chi connectivity index (χ0v) is 16.3. The molecule has 2 heterocycles. The van der Waals surface area contributed by atoms with Crippen molar-refractivity contribution in [2.24, 2.45) is 0 Å². The van der Waals surface area contributed by atoms with Gasteiger partial charge in [-0.05, 0) is 38.0 Å². The average Bonchev–Trinajstić information content (AvgIpc) is 3.20. The van der Waals surface area contributed by atoms with Crippen molar-refractivity contribution >= 4 is 27.8 Å². The zero-order valence-electron chi connectivity index (χ0n) is 15.5. The number of halogens is 1. The number of anilines is 1. The van der Waals surface area contributed by atoms with Gasteiger partial charge in [0.05, 0.1) is 0 Å². The third-order valence-corrected chi connectivity index (χ3v) is 6.30. The monoisotopic (exact) mass is 422 g/mol. The van der Waals surface area contributed by atoms with E-state index in [1.165, 1.54) is 31.5 Å². The number of carbonyl (C=O) groups is 2. The minimum absolute atomic E-state index is 0.0463. The number of amides is 1. The van der Waals surface area contributed by atoms with E-state index in [1.807, 2.05) is 0 Å². The molecule has 1 aliphatic rings. The number of esters is 1. The second-order valence-corrected chi connectivity index (χ2v) is 8.20. The Hall–Kier alpha value is -2.92. The number of sulfonamides is 1. The quantitative estimate of drug-likeness (QED) is 0.698. The largest absolute Gasteiger partial charge is 0.451 e. The third-order valence-electron chi connectivity index (χ3n) is 4.36. The summed E-state index contributed by atoms with van der Waals surface area (Å²) in [5.74, 6) is -2.39. The van der Waals surface area contributed by atoms with Crippen molar-refractivity contribution in [1.29, 1.82) is 0 Å². The summed E-state index contributed by atoms with van der Waals surface area (Å²) in [6.45, 7) is 1.40. The molecule has 0 radical (unpaired) electrons. The van der Waals surface area contributed by atoms with Crippen LogP contribution in [0.25, 0.3) is 0 Å². The van der Waals surface area contributed by atoms with Crippen molar-refractivity contribution in [1.82, 2.24) is 14.3 Å². The van der Waals surface area contributed by atoms with Crippen LogP contribution in [-0.4, -0.2) is 53.3 Å². The number of carbonyl (C=O) groups excluding carboxylic acids is 2. The number of nitrogens with one attached hydrogen (secondary N) is 1. The van der Waals surface area contributed by atoms with Crippen molar-refractivity contribution in [3.8, 4) is 0 Å². The number of aromatic nitrogens is 2. The van der Waals surface area contributed by atoms with Gasteiger partial charge in [0.2, 0.25) is 16.0 Å². The van der Waals surface area contributed by atoms with Crippen LogP contribution in [0.1, 0.15) is 19.8 Å². The van der Waals surface area contributed by atoms with E-state index < -0.39 is 44.8 Å². The van der Waals surface area contributed by atoms with Gasteiger partial charge in [-0.15, -0.1) is 0 Å². The molecule has 1 fully saturated rings. The Bertz CT molecular complexity index is 1000. The van der Waals surface area contributed by atoms with E-state index >= 15 is 0 Å². The minimum atomic E-state index is -4.23. The normalized spacial score (nSPS) is 18.2. The molecule has 0 spiro atoms. The van der Waals surface area contributed by atoms with Crippen molar-refractivity contribution in [3.63, 3.8) is 0 Å². The molecule has 1 aromatic heterocycles. The molecule has 0 aliphatic carbocycles. The summed E-state index contributed by atoms with van der Waals surface area (Å²) in [7, 11) is -4.23. The van der Waals surface area contributed by atoms with Crippen LogP contribution < -0.4 is 5.32 Å². The maximum Gasteiger partial charge on any atom is 0.325 e. The minimum Gasteiger partial charge on any atom is -0.451 e. The molecule has 11 heteroatoms. The van der Waals surface area contributed by atoms with E-state index in [-0.39, 0.29) is 18.9 Å². The first-order valence-electron chi connectivity index (χ1n) is 8.85. The molecule has 3 rings (SSSR count). The predicted molar refractivity (Wildman–Crippen MR) is 99.5 cm³/mol. The number of rotatable bonds is 6. The Morgan fingerprint density at radius 1 is 1.24 bits per heavy atom. The maximum atomic E-state index is 14.0. The average molecular weight is 422 g/mol. The van der Waals surface area contributed by atoms with Crippen LogP contribution in [0.15, 0.2) is 47.6 Å². The van der Waals surface area contributed by atoms with Crippen LogP contribution in [0.2, 0.25) is 0 Å². The molecule has 1 amide bonds. The van der Waals surface area contributed by atoms with Gasteiger partial charge in [0.15, 0.2) is 6.10 Å². The lowest BCUT2D eigenvalue weighted by Gasteiger charge is -2.24. The number of benzene rings is 1. The van der Waals surface area contributed by atoms with Crippen molar-refractivity contribution in [3.05, 3.63) is 48.5 Å². The fraction of sp³-hybridized carbons (Fsp3) is 0.333. The number of hydrogen-bond donors (Lipinski definition) is 1. The van der Waals surface area contributed by atoms with E-state index in [0.29, 0.717) is 6.42 Å². The molecule has 1 aromatic carbocycles. The van der Waals surface area contributed by atoms with E-state index in [0.717, 1.165) is 16.4 Å². The van der Waals surface area contributed by atoms with Crippen LogP contribution in [-0.2, 0) is 24.3 Å². The number of ether oxygens (including phenoxy) is 1. The summed E-state index contributed by atoms with van der Waals surface area (Å²) in [5, 5.41) is 2.39. The van der Waals surface area contributed by atoms with E-state index in [2.05, 4.69) is 15.3 Å². The molecular formula is C18H19FN4O5S. The van der Waals surface area contributed by atoms with Crippen molar-refractivity contribution in [2.75, 3.05) is 11.9 Å². The Kier molecular flexibility index (Phi) is 6.18. The molecule has 2 atom stereocenters. The highest BCUT2D eigenvalue weighted by Gasteiger charge is 2.42. The molecule has 0 saturated carbocycles. The SMILES string of the molecule is C[C@@H](OC(=O)[C@@H]1CCCN1S(=O)(=O)c1ccccc1F)C(=O)Nc1ncccn1. The van der Waals surface area contributed by atoms with Gasteiger partial charge in [0, 0.05) is 18.9 Å². The molecule has 0 unspecified atom stereocenters. The molecule has 1 N–H and O–H groups in total. The first kappa shape index (κ1) is 20.8. The predicted octanol–water partition coefficient (Wildman–Crippen LogP) is 1.34. The highest BCUT2D eigenvalue weighted by molar-refractivity contribution is 7.89. The second-order valence-electron chi connectivity index (χ2n) is 6.34. The van der Waals surface area contributed by atoms with Gasteiger partial charge in [0.1, 0.15) is 16.8 Å². The summed E-state index contributed by atoms with van der Waals surface area (Å²) in [4.78, 5) is 31.9. The molecule has 9 nitrogen and oxygen atoms in total. The number of nitrogens with zero attached hydrogens (tertiary/aromatic N) is 3. The first-order chi connectivity index (χ1) is 13.8. The first-order valence-corrected chi connectivity index (χ1v) is 10.3. The lowest BCUT2D eigenvalue weighted by Crippen LogP contribution is -2.43. The molecule has 1 saturated heterocycles. The molecular weight excluding hydrogens is 403 g/mol. The van der Waals surface area contributed by atoms with Gasteiger partial charge in [-0.2, -0.15) is 4.31 Å². The summed E-state index contributed by atoms with van der Waals surface area (Å²) in [6.07, 6.45) is 2.28. The van der Waals surface area contributed by atoms with Crippen LogP contribution in [0.4, 0.5) is 10.3 Å². The van der Waals surface area contributed by atoms with Crippen molar-refractivity contribution in [2.45, 2.75) is 36.8 Å². The highest BCUT2D eigenvalue weighted by atomic mass is 32.2. The molecule has 2 aromatic rings. The highest BCUT2D eigenvalue weighted by Crippen LogP contribution is 2.28. The van der Waals surface area contributed by atoms with Gasteiger partial charge in [0.25, 0.3) is 5.91 Å². The second kappa shape index (κ2) is 8.62. The van der Waals surface area contributed by atoms with Gasteiger partial charge >= 0.3 is 5.97 Å². The summed E-state index contributed by atoms with van der Waals surface area (Å²) < 4.78 is 45.7. The molecule has 154 valence electrons. The van der Waals surface area contributed by atoms with Gasteiger partial charge in [-0.25, -0.2) is 22.8 Å². The van der Waals surface area contributed by atoms with E-state index in [9.17, 15) is 22.4 Å². The maximum absolute atomic E-state index is 14.0. The Morgan fingerprint density at radius 2 is 1.93 bits per heavy atom. The fourth-order valence-electron chi connectivity index (χ4n) is 2.93. The standard InChI is InChI=1S/C18H19FN4O5S/c1-12(16(24)22-18-20-9-5-10-21-18)28-17(25)14-7-4-11-23(14)29(26,27)15-8-3-2-6-13(15)19/h2-3,5-6,8-10,12,14H,4,7,11H2,1H3,(H,20,21,22,24)/t12-,14+/m1/s1. The molecule has 1 aliphatic heterocycles. The topological polar surface area (TPSA) is 119 Å². The summed E-state index contributed by atoms with van der Waals surface area (Å²) in [5.41, 5.74) is 0. The Balaban J connectivity index is 1.70. The van der Waals surface area contributed by atoms with Crippen LogP contribution in [0, 0.1) is 5.82 Å². The zero-order chi connectivity index (χ0) is 21.0. The lowest BCUT2D eigenvalue weighted by atomic mass is 10.2. The van der Waals surface area contributed by atoms with Gasteiger partial charge in [-0.3, -0.25) is 14.9 Å². The van der Waals surface area contributed by atoms with E-state index in [4.69, 9.17) is 4.74 Å². The molecule has 0 bridgehead atoms. The Labute approximate surface area is 167 Å². The van der Waals surface area contributed by atoms with Crippen LogP contribution in [0.3, 0.4) is 0 Å². The fourth-order valence-corrected chi connectivity index (χ4v) is 4.64. The van der Waals surface area contributed by atoms with Crippen molar-refractivity contribution < 1.29 is 27.1 Å². The number of hydrogen-bond acceptors (Lipinski definition) is 7. The molecule has 29 heavy (non-hydrogen) atoms. The smallest absolute Gasteiger partial charge is 0.325 e. The summed E-state index contributed by atoms with van der Waals surface area (Å²) >= 11 is 0. The lowest BCUT2D eigenvalue weighted by molar-refractivity contribution is -0.156. The van der Waals surface area contributed by atoms with Crippen LogP contribution >= 0.6 is 0 Å². The Morgan fingerprint density at radius 3 is 2.62 bits per heavy atom. The third kappa shape index (κ3) is 4.57. The van der Waals surface area contributed by atoms with Gasteiger partial charge < -0.3 is 4.74 Å².